The second-order valence-electron chi connectivity index (χ2n) is 7.31. The van der Waals surface area contributed by atoms with Gasteiger partial charge >= 0.3 is 5.97 Å². The van der Waals surface area contributed by atoms with Gasteiger partial charge in [-0.15, -0.1) is 0 Å². The molecule has 1 aliphatic rings. The highest BCUT2D eigenvalue weighted by Gasteiger charge is 2.31. The van der Waals surface area contributed by atoms with Crippen molar-refractivity contribution in [3.8, 4) is 34.8 Å². The summed E-state index contributed by atoms with van der Waals surface area (Å²) in [6.45, 7) is -0.253. The standard InChI is InChI=1S/C26H22N2O6/c1-30-21-11-8-16(12-23(21)31-2)25-19-10-9-18(13-22(19)34-26(28)20(25)14-27)33-24(29)15-32-17-6-4-3-5-7-17/h3-13,25H,15,28H2,1-2H3. The Bertz CT molecular complexity index is 1280. The molecule has 172 valence electrons. The summed E-state index contributed by atoms with van der Waals surface area (Å²) in [5, 5.41) is 9.77. The molecule has 0 aliphatic carbocycles. The first-order valence-corrected chi connectivity index (χ1v) is 10.4. The first-order valence-electron chi connectivity index (χ1n) is 10.4. The van der Waals surface area contributed by atoms with Crippen molar-refractivity contribution in [3.63, 3.8) is 0 Å². The maximum Gasteiger partial charge on any atom is 0.349 e. The van der Waals surface area contributed by atoms with Gasteiger partial charge in [0.25, 0.3) is 0 Å². The van der Waals surface area contributed by atoms with E-state index in [0.717, 1.165) is 5.56 Å². The molecule has 0 amide bonds. The summed E-state index contributed by atoms with van der Waals surface area (Å²) in [6.07, 6.45) is 0. The highest BCUT2D eigenvalue weighted by Crippen LogP contribution is 2.45. The van der Waals surface area contributed by atoms with Crippen LogP contribution in [0.1, 0.15) is 17.0 Å². The van der Waals surface area contributed by atoms with Crippen LogP contribution in [0.3, 0.4) is 0 Å². The van der Waals surface area contributed by atoms with Gasteiger partial charge < -0.3 is 29.4 Å². The molecule has 0 saturated heterocycles. The Morgan fingerprint density at radius 1 is 1.00 bits per heavy atom. The Morgan fingerprint density at radius 3 is 2.47 bits per heavy atom. The van der Waals surface area contributed by atoms with E-state index in [4.69, 9.17) is 29.4 Å². The maximum absolute atomic E-state index is 12.2. The minimum atomic E-state index is -0.572. The number of methoxy groups -OCH3 is 2. The molecule has 4 rings (SSSR count). The Labute approximate surface area is 196 Å². The van der Waals surface area contributed by atoms with Gasteiger partial charge in [-0.05, 0) is 35.9 Å². The molecule has 0 aromatic heterocycles. The average molecular weight is 458 g/mol. The average Bonchev–Trinajstić information content (AvgIpc) is 2.86. The molecule has 0 radical (unpaired) electrons. The summed E-state index contributed by atoms with van der Waals surface area (Å²) in [6, 6.07) is 21.4. The zero-order valence-corrected chi connectivity index (χ0v) is 18.6. The lowest BCUT2D eigenvalue weighted by Crippen LogP contribution is -2.21. The molecule has 2 N–H and O–H groups in total. The third-order valence-electron chi connectivity index (χ3n) is 5.26. The Kier molecular flexibility index (Phi) is 6.55. The lowest BCUT2D eigenvalue weighted by Gasteiger charge is -2.27. The van der Waals surface area contributed by atoms with E-state index >= 15 is 0 Å². The number of hydrogen-bond donors (Lipinski definition) is 1. The fourth-order valence-electron chi connectivity index (χ4n) is 3.69. The van der Waals surface area contributed by atoms with Gasteiger partial charge in [-0.1, -0.05) is 30.3 Å². The molecule has 8 heteroatoms. The van der Waals surface area contributed by atoms with Crippen LogP contribution in [0.2, 0.25) is 0 Å². The zero-order chi connectivity index (χ0) is 24.1. The third-order valence-corrected chi connectivity index (χ3v) is 5.26. The molecule has 34 heavy (non-hydrogen) atoms. The number of ether oxygens (including phenoxy) is 5. The molecule has 8 nitrogen and oxygen atoms in total. The number of hydrogen-bond acceptors (Lipinski definition) is 8. The lowest BCUT2D eigenvalue weighted by molar-refractivity contribution is -0.136. The first kappa shape index (κ1) is 22.6. The summed E-state index contributed by atoms with van der Waals surface area (Å²) in [5.41, 5.74) is 7.80. The summed E-state index contributed by atoms with van der Waals surface area (Å²) in [4.78, 5) is 12.2. The zero-order valence-electron chi connectivity index (χ0n) is 18.6. The number of nitrogens with two attached hydrogens (primary N) is 1. The molecule has 1 aliphatic heterocycles. The Balaban J connectivity index is 1.60. The molecular formula is C26H22N2O6. The molecule has 1 heterocycles. The van der Waals surface area contributed by atoms with Crippen molar-refractivity contribution >= 4 is 5.97 Å². The fourth-order valence-corrected chi connectivity index (χ4v) is 3.69. The molecule has 0 fully saturated rings. The number of benzene rings is 3. The van der Waals surface area contributed by atoms with Crippen LogP contribution in [0.4, 0.5) is 0 Å². The van der Waals surface area contributed by atoms with Crippen LogP contribution in [0.25, 0.3) is 0 Å². The van der Waals surface area contributed by atoms with Gasteiger partial charge in [0.15, 0.2) is 18.1 Å². The second kappa shape index (κ2) is 9.88. The van der Waals surface area contributed by atoms with E-state index in [1.807, 2.05) is 24.3 Å². The largest absolute Gasteiger partial charge is 0.493 e. The fraction of sp³-hybridized carbons (Fsp3) is 0.154. The van der Waals surface area contributed by atoms with Crippen molar-refractivity contribution in [3.05, 3.63) is 89.3 Å². The molecule has 3 aromatic carbocycles. The minimum Gasteiger partial charge on any atom is -0.493 e. The van der Waals surface area contributed by atoms with Gasteiger partial charge in [0.05, 0.1) is 20.1 Å². The second-order valence-corrected chi connectivity index (χ2v) is 7.31. The highest BCUT2D eigenvalue weighted by molar-refractivity contribution is 5.74. The van der Waals surface area contributed by atoms with Gasteiger partial charge in [-0.2, -0.15) is 5.26 Å². The monoisotopic (exact) mass is 458 g/mol. The van der Waals surface area contributed by atoms with Gasteiger partial charge in [0.2, 0.25) is 5.88 Å². The minimum absolute atomic E-state index is 0.0225. The van der Waals surface area contributed by atoms with Crippen LogP contribution in [0, 0.1) is 11.3 Å². The normalized spacial score (nSPS) is 14.3. The molecule has 0 saturated carbocycles. The van der Waals surface area contributed by atoms with Crippen molar-refractivity contribution in [1.29, 1.82) is 5.26 Å². The van der Waals surface area contributed by atoms with Crippen molar-refractivity contribution in [2.24, 2.45) is 5.73 Å². The topological polar surface area (TPSA) is 113 Å². The van der Waals surface area contributed by atoms with Gasteiger partial charge in [0, 0.05) is 11.6 Å². The number of rotatable bonds is 7. The van der Waals surface area contributed by atoms with Crippen LogP contribution in [-0.2, 0) is 4.79 Å². The number of para-hydroxylation sites is 1. The van der Waals surface area contributed by atoms with Crippen LogP contribution in [0.5, 0.6) is 28.7 Å². The van der Waals surface area contributed by atoms with E-state index in [1.165, 1.54) is 7.11 Å². The van der Waals surface area contributed by atoms with E-state index in [9.17, 15) is 10.1 Å². The maximum atomic E-state index is 12.2. The SMILES string of the molecule is COc1ccc(C2C(C#N)=C(N)Oc3cc(OC(=O)COc4ccccc4)ccc32)cc1OC. The predicted molar refractivity (Wildman–Crippen MR) is 123 cm³/mol. The summed E-state index contributed by atoms with van der Waals surface area (Å²) >= 11 is 0. The molecule has 0 bridgehead atoms. The van der Waals surface area contributed by atoms with Gasteiger partial charge in [-0.3, -0.25) is 0 Å². The van der Waals surface area contributed by atoms with Gasteiger partial charge in [-0.25, -0.2) is 4.79 Å². The number of nitrogens with zero attached hydrogens (tertiary/aromatic N) is 1. The number of carbonyl (C=O) groups is 1. The molecule has 1 unspecified atom stereocenters. The van der Waals surface area contributed by atoms with E-state index in [2.05, 4.69) is 6.07 Å². The number of esters is 1. The summed E-state index contributed by atoms with van der Waals surface area (Å²) in [5.74, 6) is 1.20. The van der Waals surface area contributed by atoms with E-state index in [0.29, 0.717) is 28.6 Å². The van der Waals surface area contributed by atoms with E-state index in [-0.39, 0.29) is 23.8 Å². The van der Waals surface area contributed by atoms with Crippen LogP contribution < -0.4 is 29.4 Å². The van der Waals surface area contributed by atoms with Crippen molar-refractivity contribution in [2.75, 3.05) is 20.8 Å². The quantitative estimate of drug-likeness (QED) is 0.419. The summed E-state index contributed by atoms with van der Waals surface area (Å²) in [7, 11) is 3.09. The summed E-state index contributed by atoms with van der Waals surface area (Å²) < 4.78 is 27.2. The van der Waals surface area contributed by atoms with E-state index in [1.54, 1.807) is 49.6 Å². The smallest absolute Gasteiger partial charge is 0.349 e. The Morgan fingerprint density at radius 2 is 1.76 bits per heavy atom. The highest BCUT2D eigenvalue weighted by atomic mass is 16.6. The van der Waals surface area contributed by atoms with Gasteiger partial charge in [0.1, 0.15) is 28.9 Å². The first-order chi connectivity index (χ1) is 16.5. The molecule has 0 spiro atoms. The van der Waals surface area contributed by atoms with Crippen molar-refractivity contribution in [1.82, 2.24) is 0 Å². The van der Waals surface area contributed by atoms with Crippen LogP contribution in [0.15, 0.2) is 78.2 Å². The van der Waals surface area contributed by atoms with Crippen LogP contribution in [-0.4, -0.2) is 26.8 Å². The number of nitriles is 1. The van der Waals surface area contributed by atoms with Crippen LogP contribution >= 0.6 is 0 Å². The van der Waals surface area contributed by atoms with Crippen molar-refractivity contribution < 1.29 is 28.5 Å². The number of fused-ring (bicyclic) bond motifs is 1. The third kappa shape index (κ3) is 4.59. The lowest BCUT2D eigenvalue weighted by atomic mass is 9.83. The predicted octanol–water partition coefficient (Wildman–Crippen LogP) is 3.91. The molecule has 3 aromatic rings. The van der Waals surface area contributed by atoms with E-state index < -0.39 is 11.9 Å². The molecular weight excluding hydrogens is 436 g/mol. The van der Waals surface area contributed by atoms with Crippen molar-refractivity contribution in [2.45, 2.75) is 5.92 Å². The molecule has 1 atom stereocenters. The number of allylic oxidation sites excluding steroid dienone is 1. The Hall–Kier alpha value is -4.64. The number of carbonyl (C=O) groups excluding carboxylic acids is 1.